The van der Waals surface area contributed by atoms with E-state index < -0.39 is 10.0 Å². The monoisotopic (exact) mass is 303 g/mol. The first-order valence-corrected chi connectivity index (χ1v) is 9.30. The normalized spacial score (nSPS) is 18.1. The van der Waals surface area contributed by atoms with E-state index in [0.717, 1.165) is 32.6 Å². The lowest BCUT2D eigenvalue weighted by atomic mass is 10.0. The average molecular weight is 303 g/mol. The Hall–Kier alpha value is -0.430. The molecule has 0 spiro atoms. The molecular weight excluding hydrogens is 274 g/mol. The summed E-state index contributed by atoms with van der Waals surface area (Å²) in [6.07, 6.45) is 6.67. The molecule has 0 bridgehead atoms. The van der Waals surface area contributed by atoms with Crippen molar-refractivity contribution in [3.8, 4) is 0 Å². The number of likely N-dealkylation sites (tertiary alicyclic amines) is 1. The third kappa shape index (κ3) is 8.68. The summed E-state index contributed by atoms with van der Waals surface area (Å²) < 4.78 is 24.3. The molecule has 2 N–H and O–H groups in total. The Bertz CT molecular complexity index is 395. The number of sulfonamides is 1. The van der Waals surface area contributed by atoms with Crippen LogP contribution in [0.25, 0.3) is 0 Å². The van der Waals surface area contributed by atoms with Gasteiger partial charge < -0.3 is 5.32 Å². The molecule has 0 unspecified atom stereocenters. The van der Waals surface area contributed by atoms with Crippen LogP contribution < -0.4 is 10.0 Å². The predicted molar refractivity (Wildman–Crippen MR) is 84.4 cm³/mol. The van der Waals surface area contributed by atoms with Crippen molar-refractivity contribution in [1.29, 1.82) is 0 Å². The Labute approximate surface area is 123 Å². The van der Waals surface area contributed by atoms with Crippen molar-refractivity contribution >= 4 is 10.0 Å². The molecule has 20 heavy (non-hydrogen) atoms. The zero-order chi connectivity index (χ0) is 15.0. The lowest BCUT2D eigenvalue weighted by molar-refractivity contribution is 0.215. The van der Waals surface area contributed by atoms with Crippen molar-refractivity contribution < 1.29 is 8.42 Å². The predicted octanol–water partition coefficient (Wildman–Crippen LogP) is 0.946. The Morgan fingerprint density at radius 2 is 1.90 bits per heavy atom. The number of allylic oxidation sites excluding steroid dienone is 1. The van der Waals surface area contributed by atoms with Gasteiger partial charge in [-0.2, -0.15) is 0 Å². The van der Waals surface area contributed by atoms with Gasteiger partial charge in [-0.1, -0.05) is 11.6 Å². The molecule has 0 aromatic carbocycles. The van der Waals surface area contributed by atoms with Gasteiger partial charge in [-0.05, 0) is 52.7 Å². The molecule has 1 aliphatic rings. The van der Waals surface area contributed by atoms with E-state index in [0.29, 0.717) is 12.6 Å². The van der Waals surface area contributed by atoms with Crippen LogP contribution in [0.2, 0.25) is 0 Å². The van der Waals surface area contributed by atoms with Gasteiger partial charge in [-0.3, -0.25) is 4.90 Å². The maximum absolute atomic E-state index is 10.9. The summed E-state index contributed by atoms with van der Waals surface area (Å²) in [5.41, 5.74) is 1.38. The van der Waals surface area contributed by atoms with Gasteiger partial charge in [0.25, 0.3) is 0 Å². The van der Waals surface area contributed by atoms with Crippen molar-refractivity contribution in [2.75, 3.05) is 39.0 Å². The number of nitrogens with one attached hydrogen (secondary N) is 2. The molecule has 0 radical (unpaired) electrons. The van der Waals surface area contributed by atoms with E-state index in [9.17, 15) is 8.42 Å². The molecule has 0 aromatic heterocycles. The fourth-order valence-corrected chi connectivity index (χ4v) is 2.80. The molecule has 0 saturated carbocycles. The molecule has 118 valence electrons. The largest absolute Gasteiger partial charge is 0.314 e. The van der Waals surface area contributed by atoms with E-state index in [1.807, 2.05) is 0 Å². The Morgan fingerprint density at radius 1 is 1.25 bits per heavy atom. The van der Waals surface area contributed by atoms with E-state index in [1.165, 1.54) is 24.7 Å². The van der Waals surface area contributed by atoms with Crippen LogP contribution in [0.5, 0.6) is 0 Å². The molecule has 1 fully saturated rings. The molecule has 0 atom stereocenters. The second kappa shape index (κ2) is 8.77. The SMILES string of the molecule is CC(C)=CCN1CCC(NCCCNS(C)(=O)=O)CC1. The van der Waals surface area contributed by atoms with Crippen molar-refractivity contribution in [2.45, 2.75) is 39.2 Å². The highest BCUT2D eigenvalue weighted by Gasteiger charge is 2.17. The maximum atomic E-state index is 10.9. The summed E-state index contributed by atoms with van der Waals surface area (Å²) in [7, 11) is -3.04. The zero-order valence-corrected chi connectivity index (χ0v) is 13.8. The molecule has 5 nitrogen and oxygen atoms in total. The molecule has 1 rings (SSSR count). The van der Waals surface area contributed by atoms with E-state index in [4.69, 9.17) is 0 Å². The minimum absolute atomic E-state index is 0.519. The van der Waals surface area contributed by atoms with Crippen molar-refractivity contribution in [1.82, 2.24) is 14.9 Å². The van der Waals surface area contributed by atoms with Gasteiger partial charge in [0.1, 0.15) is 0 Å². The second-order valence-electron chi connectivity index (χ2n) is 5.83. The van der Waals surface area contributed by atoms with Crippen LogP contribution in [0, 0.1) is 0 Å². The summed E-state index contributed by atoms with van der Waals surface area (Å²) >= 11 is 0. The van der Waals surface area contributed by atoms with Gasteiger partial charge >= 0.3 is 0 Å². The molecule has 1 saturated heterocycles. The highest BCUT2D eigenvalue weighted by atomic mass is 32.2. The number of hydrogen-bond donors (Lipinski definition) is 2. The van der Waals surface area contributed by atoms with Crippen LogP contribution in [0.15, 0.2) is 11.6 Å². The molecule has 1 heterocycles. The molecule has 0 aliphatic carbocycles. The minimum Gasteiger partial charge on any atom is -0.314 e. The summed E-state index contributed by atoms with van der Waals surface area (Å²) in [4.78, 5) is 2.48. The molecule has 0 aromatic rings. The molecule has 6 heteroatoms. The van der Waals surface area contributed by atoms with Crippen LogP contribution in [-0.2, 0) is 10.0 Å². The summed E-state index contributed by atoms with van der Waals surface area (Å²) in [6, 6.07) is 0.580. The van der Waals surface area contributed by atoms with Gasteiger partial charge in [0.2, 0.25) is 10.0 Å². The lowest BCUT2D eigenvalue weighted by Gasteiger charge is -2.31. The smallest absolute Gasteiger partial charge is 0.208 e. The third-order valence-corrected chi connectivity index (χ3v) is 4.22. The topological polar surface area (TPSA) is 61.4 Å². The Kier molecular flexibility index (Phi) is 7.72. The number of piperidine rings is 1. The van der Waals surface area contributed by atoms with Crippen LogP contribution in [0.4, 0.5) is 0 Å². The fourth-order valence-electron chi connectivity index (χ4n) is 2.28. The number of hydrogen-bond acceptors (Lipinski definition) is 4. The molecule has 1 aliphatic heterocycles. The van der Waals surface area contributed by atoms with Gasteiger partial charge in [0, 0.05) is 19.1 Å². The van der Waals surface area contributed by atoms with E-state index in [-0.39, 0.29) is 0 Å². The van der Waals surface area contributed by atoms with E-state index >= 15 is 0 Å². The van der Waals surface area contributed by atoms with Crippen LogP contribution in [0.3, 0.4) is 0 Å². The summed E-state index contributed by atoms with van der Waals surface area (Å²) in [5, 5.41) is 3.52. The van der Waals surface area contributed by atoms with Gasteiger partial charge in [-0.15, -0.1) is 0 Å². The highest BCUT2D eigenvalue weighted by molar-refractivity contribution is 7.88. The first kappa shape index (κ1) is 17.6. The number of nitrogens with zero attached hydrogens (tertiary/aromatic N) is 1. The van der Waals surface area contributed by atoms with Crippen molar-refractivity contribution in [3.05, 3.63) is 11.6 Å². The Morgan fingerprint density at radius 3 is 2.45 bits per heavy atom. The average Bonchev–Trinajstić information content (AvgIpc) is 2.36. The summed E-state index contributed by atoms with van der Waals surface area (Å²) in [5.74, 6) is 0. The first-order valence-electron chi connectivity index (χ1n) is 7.40. The standard InChI is InChI=1S/C14H29N3O2S/c1-13(2)5-10-17-11-6-14(7-12-17)15-8-4-9-16-20(3,18)19/h5,14-16H,4,6-12H2,1-3H3. The van der Waals surface area contributed by atoms with Crippen LogP contribution in [-0.4, -0.2) is 58.3 Å². The summed E-state index contributed by atoms with van der Waals surface area (Å²) in [6.45, 7) is 9.02. The second-order valence-corrected chi connectivity index (χ2v) is 7.66. The molecular formula is C14H29N3O2S. The third-order valence-electron chi connectivity index (χ3n) is 3.50. The van der Waals surface area contributed by atoms with Gasteiger partial charge in [0.05, 0.1) is 6.26 Å². The van der Waals surface area contributed by atoms with Crippen LogP contribution >= 0.6 is 0 Å². The highest BCUT2D eigenvalue weighted by Crippen LogP contribution is 2.10. The Balaban J connectivity index is 2.06. The first-order chi connectivity index (χ1) is 9.37. The van der Waals surface area contributed by atoms with Crippen LogP contribution in [0.1, 0.15) is 33.1 Å². The maximum Gasteiger partial charge on any atom is 0.208 e. The van der Waals surface area contributed by atoms with Gasteiger partial charge in [0.15, 0.2) is 0 Å². The number of rotatable bonds is 8. The van der Waals surface area contributed by atoms with E-state index in [1.54, 1.807) is 0 Å². The van der Waals surface area contributed by atoms with Crippen molar-refractivity contribution in [2.24, 2.45) is 0 Å². The lowest BCUT2D eigenvalue weighted by Crippen LogP contribution is -2.43. The quantitative estimate of drug-likeness (QED) is 0.518. The fraction of sp³-hybridized carbons (Fsp3) is 0.857. The van der Waals surface area contributed by atoms with Crippen molar-refractivity contribution in [3.63, 3.8) is 0 Å². The van der Waals surface area contributed by atoms with Gasteiger partial charge in [-0.25, -0.2) is 13.1 Å². The van der Waals surface area contributed by atoms with E-state index in [2.05, 4.69) is 34.9 Å². The molecule has 0 amide bonds. The minimum atomic E-state index is -3.04. The zero-order valence-electron chi connectivity index (χ0n) is 13.0.